The van der Waals surface area contributed by atoms with Crippen LogP contribution in [0.2, 0.25) is 0 Å². The first-order valence-corrected chi connectivity index (χ1v) is 6.82. The van der Waals surface area contributed by atoms with Crippen molar-refractivity contribution >= 4 is 23.5 Å². The summed E-state index contributed by atoms with van der Waals surface area (Å²) in [6.07, 6.45) is 0.101. The Balaban J connectivity index is 1.67. The largest absolute Gasteiger partial charge is 0.334 e. The monoisotopic (exact) mass is 249 g/mol. The molecule has 1 amide bonds. The summed E-state index contributed by atoms with van der Waals surface area (Å²) in [5.74, 6) is 1.86. The zero-order valence-corrected chi connectivity index (χ0v) is 10.4. The fourth-order valence-corrected chi connectivity index (χ4v) is 2.70. The standard InChI is InChI=1S/C13H15NO2S/c15-12-8-13(16)14(9-12)6-7-17-10-11-4-2-1-3-5-11/h1-5H,6-10H2. The number of carbonyl (C=O) groups excluding carboxylic acids is 2. The molecule has 1 aliphatic rings. The Hall–Kier alpha value is -1.29. The second-order valence-corrected chi connectivity index (χ2v) is 5.17. The third kappa shape index (κ3) is 3.60. The van der Waals surface area contributed by atoms with Crippen molar-refractivity contribution < 1.29 is 9.59 Å². The first-order valence-electron chi connectivity index (χ1n) is 5.67. The Morgan fingerprint density at radius 2 is 1.94 bits per heavy atom. The van der Waals surface area contributed by atoms with Crippen molar-refractivity contribution in [2.45, 2.75) is 12.2 Å². The number of nitrogens with zero attached hydrogens (tertiary/aromatic N) is 1. The van der Waals surface area contributed by atoms with Crippen LogP contribution >= 0.6 is 11.8 Å². The molecule has 3 nitrogen and oxygen atoms in total. The summed E-state index contributed by atoms with van der Waals surface area (Å²) in [4.78, 5) is 24.0. The SMILES string of the molecule is O=C1CC(=O)N(CCSCc2ccccc2)C1. The average molecular weight is 249 g/mol. The van der Waals surface area contributed by atoms with Crippen LogP contribution in [0.4, 0.5) is 0 Å². The maximum Gasteiger partial charge on any atom is 0.230 e. The molecule has 17 heavy (non-hydrogen) atoms. The lowest BCUT2D eigenvalue weighted by Gasteiger charge is -2.13. The predicted molar refractivity (Wildman–Crippen MR) is 68.8 cm³/mol. The van der Waals surface area contributed by atoms with E-state index < -0.39 is 0 Å². The molecule has 0 bridgehead atoms. The Bertz CT molecular complexity index is 405. The number of thioether (sulfide) groups is 1. The molecule has 90 valence electrons. The molecule has 1 aliphatic heterocycles. The summed E-state index contributed by atoms with van der Waals surface area (Å²) in [5.41, 5.74) is 1.29. The molecule has 0 unspecified atom stereocenters. The number of ketones is 1. The van der Waals surface area contributed by atoms with Crippen LogP contribution in [0.15, 0.2) is 30.3 Å². The van der Waals surface area contributed by atoms with Crippen molar-refractivity contribution in [3.63, 3.8) is 0 Å². The zero-order chi connectivity index (χ0) is 12.1. The van der Waals surface area contributed by atoms with Gasteiger partial charge in [0.1, 0.15) is 0 Å². The van der Waals surface area contributed by atoms with E-state index in [-0.39, 0.29) is 18.1 Å². The molecule has 1 fully saturated rings. The van der Waals surface area contributed by atoms with Crippen molar-refractivity contribution in [1.29, 1.82) is 0 Å². The predicted octanol–water partition coefficient (Wildman–Crippen LogP) is 1.72. The van der Waals surface area contributed by atoms with Gasteiger partial charge in [0.15, 0.2) is 5.78 Å². The average Bonchev–Trinajstić information content (AvgIpc) is 2.65. The number of rotatable bonds is 5. The molecular formula is C13H15NO2S. The van der Waals surface area contributed by atoms with E-state index in [1.54, 1.807) is 16.7 Å². The molecule has 1 aromatic carbocycles. The summed E-state index contributed by atoms with van der Waals surface area (Å²) in [6, 6.07) is 10.2. The number of benzene rings is 1. The van der Waals surface area contributed by atoms with Gasteiger partial charge in [0.25, 0.3) is 0 Å². The van der Waals surface area contributed by atoms with Gasteiger partial charge >= 0.3 is 0 Å². The quantitative estimate of drug-likeness (QED) is 0.589. The Kier molecular flexibility index (Phi) is 4.20. The first-order chi connectivity index (χ1) is 8.25. The van der Waals surface area contributed by atoms with Crippen molar-refractivity contribution in [3.05, 3.63) is 35.9 Å². The molecular weight excluding hydrogens is 234 g/mol. The highest BCUT2D eigenvalue weighted by atomic mass is 32.2. The lowest BCUT2D eigenvalue weighted by Crippen LogP contribution is -2.27. The highest BCUT2D eigenvalue weighted by molar-refractivity contribution is 7.98. The van der Waals surface area contributed by atoms with Crippen LogP contribution in [0.1, 0.15) is 12.0 Å². The summed E-state index contributed by atoms with van der Waals surface area (Å²) in [5, 5.41) is 0. The Morgan fingerprint density at radius 3 is 2.59 bits per heavy atom. The molecule has 0 aliphatic carbocycles. The number of hydrogen-bond donors (Lipinski definition) is 0. The smallest absolute Gasteiger partial charge is 0.230 e. The van der Waals surface area contributed by atoms with Gasteiger partial charge in [0.05, 0.1) is 13.0 Å². The van der Waals surface area contributed by atoms with Crippen molar-refractivity contribution in [2.75, 3.05) is 18.8 Å². The van der Waals surface area contributed by atoms with Crippen LogP contribution in [0.3, 0.4) is 0 Å². The number of hydrogen-bond acceptors (Lipinski definition) is 3. The molecule has 1 saturated heterocycles. The van der Waals surface area contributed by atoms with E-state index in [2.05, 4.69) is 12.1 Å². The van der Waals surface area contributed by atoms with E-state index in [0.717, 1.165) is 11.5 Å². The Morgan fingerprint density at radius 1 is 1.18 bits per heavy atom. The zero-order valence-electron chi connectivity index (χ0n) is 9.59. The molecule has 1 heterocycles. The van der Waals surface area contributed by atoms with E-state index in [9.17, 15) is 9.59 Å². The Labute approximate surface area is 105 Å². The first kappa shape index (κ1) is 12.2. The van der Waals surface area contributed by atoms with Crippen LogP contribution in [-0.4, -0.2) is 35.4 Å². The third-order valence-electron chi connectivity index (χ3n) is 2.69. The van der Waals surface area contributed by atoms with E-state index in [1.165, 1.54) is 5.56 Å². The van der Waals surface area contributed by atoms with Crippen molar-refractivity contribution in [3.8, 4) is 0 Å². The maximum atomic E-state index is 11.3. The van der Waals surface area contributed by atoms with Gasteiger partial charge in [-0.3, -0.25) is 9.59 Å². The molecule has 0 N–H and O–H groups in total. The van der Waals surface area contributed by atoms with Gasteiger partial charge < -0.3 is 4.90 Å². The number of likely N-dealkylation sites (tertiary alicyclic amines) is 1. The minimum absolute atomic E-state index is 0.0182. The maximum absolute atomic E-state index is 11.3. The van der Waals surface area contributed by atoms with Crippen molar-refractivity contribution in [2.24, 2.45) is 0 Å². The number of carbonyl (C=O) groups is 2. The molecule has 4 heteroatoms. The highest BCUT2D eigenvalue weighted by Crippen LogP contribution is 2.13. The summed E-state index contributed by atoms with van der Waals surface area (Å²) < 4.78 is 0. The summed E-state index contributed by atoms with van der Waals surface area (Å²) >= 11 is 1.79. The summed E-state index contributed by atoms with van der Waals surface area (Å²) in [6.45, 7) is 0.993. The minimum Gasteiger partial charge on any atom is -0.334 e. The van der Waals surface area contributed by atoms with Gasteiger partial charge in [-0.05, 0) is 5.56 Å². The van der Waals surface area contributed by atoms with Crippen LogP contribution in [-0.2, 0) is 15.3 Å². The van der Waals surface area contributed by atoms with Crippen LogP contribution < -0.4 is 0 Å². The van der Waals surface area contributed by atoms with Gasteiger partial charge in [-0.1, -0.05) is 30.3 Å². The minimum atomic E-state index is -0.0182. The molecule has 0 spiro atoms. The normalized spacial score (nSPS) is 15.6. The topological polar surface area (TPSA) is 37.4 Å². The van der Waals surface area contributed by atoms with E-state index in [0.29, 0.717) is 13.1 Å². The molecule has 0 radical (unpaired) electrons. The van der Waals surface area contributed by atoms with Gasteiger partial charge in [-0.15, -0.1) is 0 Å². The van der Waals surface area contributed by atoms with Gasteiger partial charge in [-0.2, -0.15) is 11.8 Å². The molecule has 0 atom stereocenters. The van der Waals surface area contributed by atoms with E-state index in [1.807, 2.05) is 18.2 Å². The van der Waals surface area contributed by atoms with Crippen molar-refractivity contribution in [1.82, 2.24) is 4.90 Å². The summed E-state index contributed by atoms with van der Waals surface area (Å²) in [7, 11) is 0. The van der Waals surface area contributed by atoms with Gasteiger partial charge in [0, 0.05) is 18.1 Å². The second kappa shape index (κ2) is 5.87. The number of Topliss-reactive ketones (excluding diaryl/α,β-unsaturated/α-hetero) is 1. The lowest BCUT2D eigenvalue weighted by atomic mass is 10.2. The molecule has 1 aromatic rings. The molecule has 0 aromatic heterocycles. The molecule has 0 saturated carbocycles. The van der Waals surface area contributed by atoms with Crippen LogP contribution in [0.5, 0.6) is 0 Å². The highest BCUT2D eigenvalue weighted by Gasteiger charge is 2.26. The van der Waals surface area contributed by atoms with Gasteiger partial charge in [0.2, 0.25) is 5.91 Å². The third-order valence-corrected chi connectivity index (χ3v) is 3.69. The second-order valence-electron chi connectivity index (χ2n) is 4.07. The lowest BCUT2D eigenvalue weighted by molar-refractivity contribution is -0.127. The van der Waals surface area contributed by atoms with E-state index in [4.69, 9.17) is 0 Å². The van der Waals surface area contributed by atoms with E-state index >= 15 is 0 Å². The van der Waals surface area contributed by atoms with Gasteiger partial charge in [-0.25, -0.2) is 0 Å². The van der Waals surface area contributed by atoms with Crippen LogP contribution in [0.25, 0.3) is 0 Å². The van der Waals surface area contributed by atoms with Crippen LogP contribution in [0, 0.1) is 0 Å². The molecule has 2 rings (SSSR count). The fourth-order valence-electron chi connectivity index (χ4n) is 1.78. The fraction of sp³-hybridized carbons (Fsp3) is 0.385. The number of amides is 1.